The van der Waals surface area contributed by atoms with Crippen molar-refractivity contribution in [1.82, 2.24) is 0 Å². The summed E-state index contributed by atoms with van der Waals surface area (Å²) in [6, 6.07) is 23.0. The first-order chi connectivity index (χ1) is 16.1. The zero-order valence-electron chi connectivity index (χ0n) is 17.9. The lowest BCUT2D eigenvalue weighted by Gasteiger charge is -2.13. The molecule has 5 aromatic carbocycles. The van der Waals surface area contributed by atoms with Crippen LogP contribution in [-0.2, 0) is 0 Å². The van der Waals surface area contributed by atoms with E-state index in [0.717, 1.165) is 32.7 Å². The SMILES string of the molecule is COc1ccc2cc(OC)c(-c3cc(Cl)c4c(oc5cc6ccccc6cc54)c3F)cc2c1. The van der Waals surface area contributed by atoms with Crippen LogP contribution in [0.5, 0.6) is 11.5 Å². The number of ether oxygens (including phenoxy) is 2. The van der Waals surface area contributed by atoms with Gasteiger partial charge >= 0.3 is 0 Å². The maximum Gasteiger partial charge on any atom is 0.174 e. The number of benzene rings is 5. The molecule has 6 rings (SSSR count). The average Bonchev–Trinajstić information content (AvgIpc) is 3.22. The van der Waals surface area contributed by atoms with Crippen LogP contribution in [0.25, 0.3) is 54.6 Å². The molecule has 5 heteroatoms. The van der Waals surface area contributed by atoms with E-state index in [0.29, 0.717) is 32.9 Å². The molecule has 0 amide bonds. The second-order valence-corrected chi connectivity index (χ2v) is 8.39. The number of halogens is 2. The minimum absolute atomic E-state index is 0.135. The van der Waals surface area contributed by atoms with Crippen molar-refractivity contribution in [2.45, 2.75) is 0 Å². The van der Waals surface area contributed by atoms with Gasteiger partial charge in [0.15, 0.2) is 11.4 Å². The van der Waals surface area contributed by atoms with Crippen LogP contribution in [0, 0.1) is 5.82 Å². The molecule has 6 aromatic rings. The highest BCUT2D eigenvalue weighted by atomic mass is 35.5. The Labute approximate surface area is 193 Å². The quantitative estimate of drug-likeness (QED) is 0.268. The molecule has 0 atom stereocenters. The molecule has 0 aliphatic heterocycles. The smallest absolute Gasteiger partial charge is 0.174 e. The van der Waals surface area contributed by atoms with Gasteiger partial charge in [-0.05, 0) is 64.0 Å². The number of methoxy groups -OCH3 is 2. The Balaban J connectivity index is 1.66. The fourth-order valence-corrected chi connectivity index (χ4v) is 4.81. The molecule has 0 bridgehead atoms. The molecule has 0 N–H and O–H groups in total. The summed E-state index contributed by atoms with van der Waals surface area (Å²) in [5, 5.41) is 5.69. The first-order valence-electron chi connectivity index (χ1n) is 10.5. The summed E-state index contributed by atoms with van der Waals surface area (Å²) >= 11 is 6.73. The number of rotatable bonds is 3. The molecule has 1 aromatic heterocycles. The van der Waals surface area contributed by atoms with Gasteiger partial charge in [-0.2, -0.15) is 0 Å². The second kappa shape index (κ2) is 7.39. The van der Waals surface area contributed by atoms with Crippen LogP contribution >= 0.6 is 11.6 Å². The van der Waals surface area contributed by atoms with Gasteiger partial charge in [0.25, 0.3) is 0 Å². The third-order valence-electron chi connectivity index (χ3n) is 6.16. The van der Waals surface area contributed by atoms with E-state index in [1.165, 1.54) is 0 Å². The Morgan fingerprint density at radius 3 is 2.27 bits per heavy atom. The van der Waals surface area contributed by atoms with Crippen molar-refractivity contribution < 1.29 is 18.3 Å². The summed E-state index contributed by atoms with van der Waals surface area (Å²) in [6.07, 6.45) is 0. The minimum Gasteiger partial charge on any atom is -0.497 e. The van der Waals surface area contributed by atoms with Crippen molar-refractivity contribution in [1.29, 1.82) is 0 Å². The van der Waals surface area contributed by atoms with Gasteiger partial charge in [0.2, 0.25) is 0 Å². The highest BCUT2D eigenvalue weighted by Gasteiger charge is 2.22. The van der Waals surface area contributed by atoms with Crippen molar-refractivity contribution >= 4 is 55.1 Å². The highest BCUT2D eigenvalue weighted by molar-refractivity contribution is 6.38. The van der Waals surface area contributed by atoms with Crippen molar-refractivity contribution in [2.24, 2.45) is 0 Å². The van der Waals surface area contributed by atoms with Gasteiger partial charge in [0.1, 0.15) is 17.1 Å². The number of hydrogen-bond donors (Lipinski definition) is 0. The van der Waals surface area contributed by atoms with Gasteiger partial charge in [-0.25, -0.2) is 4.39 Å². The molecule has 0 aliphatic rings. The highest BCUT2D eigenvalue weighted by Crippen LogP contribution is 2.44. The molecule has 0 saturated carbocycles. The molecule has 0 radical (unpaired) electrons. The van der Waals surface area contributed by atoms with E-state index in [4.69, 9.17) is 25.5 Å². The van der Waals surface area contributed by atoms with E-state index >= 15 is 4.39 Å². The van der Waals surface area contributed by atoms with Crippen LogP contribution in [0.15, 0.2) is 77.2 Å². The maximum atomic E-state index is 16.0. The molecule has 162 valence electrons. The summed E-state index contributed by atoms with van der Waals surface area (Å²) in [7, 11) is 3.18. The summed E-state index contributed by atoms with van der Waals surface area (Å²) < 4.78 is 32.9. The monoisotopic (exact) mass is 456 g/mol. The molecule has 33 heavy (non-hydrogen) atoms. The van der Waals surface area contributed by atoms with E-state index in [9.17, 15) is 0 Å². The van der Waals surface area contributed by atoms with Gasteiger partial charge in [-0.15, -0.1) is 0 Å². The Bertz CT molecular complexity index is 1720. The average molecular weight is 457 g/mol. The fourth-order valence-electron chi connectivity index (χ4n) is 4.52. The van der Waals surface area contributed by atoms with Crippen molar-refractivity contribution in [3.63, 3.8) is 0 Å². The van der Waals surface area contributed by atoms with Crippen LogP contribution in [0.1, 0.15) is 0 Å². The first-order valence-corrected chi connectivity index (χ1v) is 10.8. The molecule has 0 aliphatic carbocycles. The molecular formula is C28H18ClFO3. The number of hydrogen-bond acceptors (Lipinski definition) is 3. The lowest BCUT2D eigenvalue weighted by Crippen LogP contribution is -1.93. The Morgan fingerprint density at radius 2 is 1.52 bits per heavy atom. The summed E-state index contributed by atoms with van der Waals surface area (Å²) in [5.74, 6) is 0.788. The largest absolute Gasteiger partial charge is 0.497 e. The van der Waals surface area contributed by atoms with E-state index in [-0.39, 0.29) is 5.58 Å². The van der Waals surface area contributed by atoms with Gasteiger partial charge in [0, 0.05) is 21.9 Å². The molecule has 3 nitrogen and oxygen atoms in total. The fraction of sp³-hybridized carbons (Fsp3) is 0.0714. The van der Waals surface area contributed by atoms with Crippen LogP contribution in [-0.4, -0.2) is 14.2 Å². The third-order valence-corrected chi connectivity index (χ3v) is 6.46. The van der Waals surface area contributed by atoms with Crippen LogP contribution < -0.4 is 9.47 Å². The van der Waals surface area contributed by atoms with Gasteiger partial charge in [-0.3, -0.25) is 0 Å². The van der Waals surface area contributed by atoms with E-state index < -0.39 is 5.82 Å². The van der Waals surface area contributed by atoms with E-state index in [1.807, 2.05) is 66.7 Å². The third kappa shape index (κ3) is 3.02. The van der Waals surface area contributed by atoms with Crippen LogP contribution in [0.3, 0.4) is 0 Å². The molecule has 0 fully saturated rings. The lowest BCUT2D eigenvalue weighted by atomic mass is 9.97. The van der Waals surface area contributed by atoms with Gasteiger partial charge in [-0.1, -0.05) is 41.9 Å². The number of fused-ring (bicyclic) bond motifs is 5. The molecular weight excluding hydrogens is 439 g/mol. The Morgan fingerprint density at radius 1 is 0.758 bits per heavy atom. The topological polar surface area (TPSA) is 31.6 Å². The molecule has 1 heterocycles. The molecule has 0 unspecified atom stereocenters. The van der Waals surface area contributed by atoms with E-state index in [1.54, 1.807) is 20.3 Å². The normalized spacial score (nSPS) is 11.6. The van der Waals surface area contributed by atoms with E-state index in [2.05, 4.69) is 0 Å². The van der Waals surface area contributed by atoms with Crippen LogP contribution in [0.4, 0.5) is 4.39 Å². The predicted octanol–water partition coefficient (Wildman–Crippen LogP) is 8.37. The summed E-state index contributed by atoms with van der Waals surface area (Å²) in [5.41, 5.74) is 1.63. The number of furan rings is 1. The van der Waals surface area contributed by atoms with Gasteiger partial charge in [0.05, 0.1) is 19.2 Å². The van der Waals surface area contributed by atoms with Crippen molar-refractivity contribution in [2.75, 3.05) is 14.2 Å². The summed E-state index contributed by atoms with van der Waals surface area (Å²) in [6.45, 7) is 0. The molecule has 0 saturated heterocycles. The standard InChI is InChI=1S/C28H18ClFO3/c1-31-19-8-7-17-12-24(32-2)20(11-18(17)9-19)21-14-23(29)26-22-10-15-5-3-4-6-16(15)13-25(22)33-28(26)27(21)30/h3-14H,1-2H3. The minimum atomic E-state index is -0.477. The zero-order chi connectivity index (χ0) is 22.7. The van der Waals surface area contributed by atoms with Crippen molar-refractivity contribution in [3.05, 3.63) is 83.6 Å². The second-order valence-electron chi connectivity index (χ2n) is 7.99. The summed E-state index contributed by atoms with van der Waals surface area (Å²) in [4.78, 5) is 0. The molecule has 0 spiro atoms. The predicted molar refractivity (Wildman–Crippen MR) is 132 cm³/mol. The van der Waals surface area contributed by atoms with Gasteiger partial charge < -0.3 is 13.9 Å². The lowest BCUT2D eigenvalue weighted by molar-refractivity contribution is 0.414. The van der Waals surface area contributed by atoms with Crippen molar-refractivity contribution in [3.8, 4) is 22.6 Å². The Hall–Kier alpha value is -3.76. The maximum absolute atomic E-state index is 16.0. The van der Waals surface area contributed by atoms with Crippen LogP contribution in [0.2, 0.25) is 5.02 Å². The first kappa shape index (κ1) is 19.9. The Kier molecular flexibility index (Phi) is 4.46. The zero-order valence-corrected chi connectivity index (χ0v) is 18.7.